The van der Waals surface area contributed by atoms with Crippen LogP contribution in [0.4, 0.5) is 17.2 Å². The summed E-state index contributed by atoms with van der Waals surface area (Å²) in [7, 11) is 0. The molecule has 0 saturated carbocycles. The number of para-hydroxylation sites is 1. The normalized spacial score (nSPS) is 12.7. The third-order valence-corrected chi connectivity index (χ3v) is 4.81. The Morgan fingerprint density at radius 3 is 2.69 bits per heavy atom. The second kappa shape index (κ2) is 7.00. The lowest BCUT2D eigenvalue weighted by molar-refractivity contribution is -0.115. The van der Waals surface area contributed by atoms with Gasteiger partial charge in [-0.25, -0.2) is 4.98 Å². The number of carbonyl (C=O) groups is 1. The van der Waals surface area contributed by atoms with Crippen LogP contribution in [-0.2, 0) is 17.6 Å². The van der Waals surface area contributed by atoms with Gasteiger partial charge in [-0.05, 0) is 48.2 Å². The van der Waals surface area contributed by atoms with Crippen LogP contribution in [0.5, 0.6) is 0 Å². The molecule has 26 heavy (non-hydrogen) atoms. The molecule has 0 spiro atoms. The lowest BCUT2D eigenvalue weighted by Gasteiger charge is -2.18. The zero-order chi connectivity index (χ0) is 17.9. The number of nitrogens with one attached hydrogen (secondary N) is 1. The summed E-state index contributed by atoms with van der Waals surface area (Å²) in [6, 6.07) is 20.2. The fourth-order valence-electron chi connectivity index (χ4n) is 3.38. The number of nitrogens with zero attached hydrogens (tertiary/aromatic N) is 2. The number of pyridine rings is 1. The molecule has 4 rings (SSSR count). The molecule has 0 saturated heterocycles. The van der Waals surface area contributed by atoms with Gasteiger partial charge in [0, 0.05) is 12.2 Å². The molecule has 4 nitrogen and oxygen atoms in total. The van der Waals surface area contributed by atoms with Gasteiger partial charge in [0.05, 0.1) is 18.3 Å². The number of aromatic nitrogens is 1. The van der Waals surface area contributed by atoms with Gasteiger partial charge in [-0.2, -0.15) is 0 Å². The van der Waals surface area contributed by atoms with Gasteiger partial charge >= 0.3 is 0 Å². The van der Waals surface area contributed by atoms with E-state index in [1.165, 1.54) is 11.3 Å². The molecule has 2 aromatic carbocycles. The van der Waals surface area contributed by atoms with Crippen LogP contribution >= 0.6 is 0 Å². The molecule has 0 unspecified atom stereocenters. The summed E-state index contributed by atoms with van der Waals surface area (Å²) in [6.45, 7) is 2.96. The molecular formula is C22H21N3O. The molecular weight excluding hydrogens is 322 g/mol. The highest BCUT2D eigenvalue weighted by molar-refractivity contribution is 5.92. The number of aryl methyl sites for hydroxylation is 1. The van der Waals surface area contributed by atoms with Crippen LogP contribution in [-0.4, -0.2) is 17.4 Å². The van der Waals surface area contributed by atoms with Gasteiger partial charge in [0.25, 0.3) is 0 Å². The highest BCUT2D eigenvalue weighted by Crippen LogP contribution is 2.33. The quantitative estimate of drug-likeness (QED) is 0.770. The van der Waals surface area contributed by atoms with Gasteiger partial charge < -0.3 is 10.2 Å². The molecule has 0 fully saturated rings. The Bertz CT molecular complexity index is 934. The Hall–Kier alpha value is -3.14. The van der Waals surface area contributed by atoms with E-state index in [0.717, 1.165) is 35.6 Å². The van der Waals surface area contributed by atoms with Crippen LogP contribution in [0, 0.1) is 6.92 Å². The standard InChI is InChI=1S/C22H21N3O/c1-16-6-2-3-8-18(16)14-22(26)24-19-10-11-21(23-15-19)25-13-12-17-7-4-5-9-20(17)25/h2-11,15H,12-14H2,1H3,(H,24,26). The number of carbonyl (C=O) groups excluding carboxylic acids is 1. The predicted octanol–water partition coefficient (Wildman–Crippen LogP) is 4.27. The van der Waals surface area contributed by atoms with E-state index in [-0.39, 0.29) is 5.91 Å². The molecule has 1 aromatic heterocycles. The summed E-state index contributed by atoms with van der Waals surface area (Å²) < 4.78 is 0. The second-order valence-corrected chi connectivity index (χ2v) is 6.59. The summed E-state index contributed by atoms with van der Waals surface area (Å²) in [6.07, 6.45) is 3.13. The topological polar surface area (TPSA) is 45.2 Å². The third kappa shape index (κ3) is 3.31. The van der Waals surface area contributed by atoms with Crippen molar-refractivity contribution in [3.63, 3.8) is 0 Å². The van der Waals surface area contributed by atoms with Crippen molar-refractivity contribution in [3.05, 3.63) is 83.6 Å². The van der Waals surface area contributed by atoms with E-state index in [0.29, 0.717) is 6.42 Å². The van der Waals surface area contributed by atoms with Crippen LogP contribution < -0.4 is 10.2 Å². The van der Waals surface area contributed by atoms with Crippen molar-refractivity contribution in [3.8, 4) is 0 Å². The molecule has 0 bridgehead atoms. The summed E-state index contributed by atoms with van der Waals surface area (Å²) in [5.41, 5.74) is 5.47. The maximum atomic E-state index is 12.3. The lowest BCUT2D eigenvalue weighted by atomic mass is 10.1. The van der Waals surface area contributed by atoms with Crippen LogP contribution in [0.2, 0.25) is 0 Å². The first-order valence-corrected chi connectivity index (χ1v) is 8.86. The molecule has 0 radical (unpaired) electrons. The number of anilines is 3. The van der Waals surface area contributed by atoms with Gasteiger partial charge in [0.2, 0.25) is 5.91 Å². The molecule has 2 heterocycles. The van der Waals surface area contributed by atoms with Gasteiger partial charge in [0.1, 0.15) is 5.82 Å². The van der Waals surface area contributed by atoms with E-state index in [1.54, 1.807) is 6.20 Å². The van der Waals surface area contributed by atoms with E-state index in [9.17, 15) is 4.79 Å². The largest absolute Gasteiger partial charge is 0.326 e. The van der Waals surface area contributed by atoms with Gasteiger partial charge in [-0.1, -0.05) is 42.5 Å². The first kappa shape index (κ1) is 16.3. The van der Waals surface area contributed by atoms with Gasteiger partial charge in [0.15, 0.2) is 0 Å². The average molecular weight is 343 g/mol. The smallest absolute Gasteiger partial charge is 0.228 e. The maximum Gasteiger partial charge on any atom is 0.228 e. The van der Waals surface area contributed by atoms with Crippen molar-refractivity contribution in [2.45, 2.75) is 19.8 Å². The molecule has 1 N–H and O–H groups in total. The van der Waals surface area contributed by atoms with Gasteiger partial charge in [-0.15, -0.1) is 0 Å². The van der Waals surface area contributed by atoms with E-state index in [4.69, 9.17) is 0 Å². The summed E-state index contributed by atoms with van der Waals surface area (Å²) in [5.74, 6) is 0.882. The zero-order valence-corrected chi connectivity index (χ0v) is 14.8. The van der Waals surface area contributed by atoms with Crippen LogP contribution in [0.25, 0.3) is 0 Å². The Morgan fingerprint density at radius 2 is 1.88 bits per heavy atom. The SMILES string of the molecule is Cc1ccccc1CC(=O)Nc1ccc(N2CCc3ccccc32)nc1. The van der Waals surface area contributed by atoms with Crippen LogP contribution in [0.1, 0.15) is 16.7 Å². The highest BCUT2D eigenvalue weighted by Gasteiger charge is 2.20. The average Bonchev–Trinajstić information content (AvgIpc) is 3.08. The number of rotatable bonds is 4. The van der Waals surface area contributed by atoms with Crippen molar-refractivity contribution in [1.29, 1.82) is 0 Å². The van der Waals surface area contributed by atoms with E-state index < -0.39 is 0 Å². The number of hydrogen-bond acceptors (Lipinski definition) is 3. The zero-order valence-electron chi connectivity index (χ0n) is 14.8. The molecule has 4 heteroatoms. The fourth-order valence-corrected chi connectivity index (χ4v) is 3.38. The summed E-state index contributed by atoms with van der Waals surface area (Å²) in [4.78, 5) is 19.1. The first-order valence-electron chi connectivity index (χ1n) is 8.86. The maximum absolute atomic E-state index is 12.3. The summed E-state index contributed by atoms with van der Waals surface area (Å²) in [5, 5.41) is 2.93. The number of hydrogen-bond donors (Lipinski definition) is 1. The van der Waals surface area contributed by atoms with Crippen molar-refractivity contribution < 1.29 is 4.79 Å². The van der Waals surface area contributed by atoms with E-state index in [1.807, 2.05) is 43.3 Å². The molecule has 1 amide bonds. The monoisotopic (exact) mass is 343 g/mol. The summed E-state index contributed by atoms with van der Waals surface area (Å²) >= 11 is 0. The fraction of sp³-hybridized carbons (Fsp3) is 0.182. The highest BCUT2D eigenvalue weighted by atomic mass is 16.1. The van der Waals surface area contributed by atoms with Crippen LogP contribution in [0.15, 0.2) is 66.9 Å². The Kier molecular flexibility index (Phi) is 4.40. The van der Waals surface area contributed by atoms with E-state index >= 15 is 0 Å². The second-order valence-electron chi connectivity index (χ2n) is 6.59. The Labute approximate surface area is 153 Å². The van der Waals surface area contributed by atoms with Crippen molar-refractivity contribution in [2.24, 2.45) is 0 Å². The predicted molar refractivity (Wildman–Crippen MR) is 105 cm³/mol. The molecule has 130 valence electrons. The van der Waals surface area contributed by atoms with Crippen molar-refractivity contribution in [2.75, 3.05) is 16.8 Å². The first-order chi connectivity index (χ1) is 12.7. The number of fused-ring (bicyclic) bond motifs is 1. The third-order valence-electron chi connectivity index (χ3n) is 4.81. The Morgan fingerprint density at radius 1 is 1.08 bits per heavy atom. The molecule has 0 aliphatic carbocycles. The number of benzene rings is 2. The molecule has 1 aliphatic rings. The van der Waals surface area contributed by atoms with E-state index in [2.05, 4.69) is 39.5 Å². The van der Waals surface area contributed by atoms with Gasteiger partial charge in [-0.3, -0.25) is 4.79 Å². The minimum Gasteiger partial charge on any atom is -0.326 e. The minimum atomic E-state index is -0.0274. The Balaban J connectivity index is 1.44. The lowest BCUT2D eigenvalue weighted by Crippen LogP contribution is -2.17. The minimum absolute atomic E-state index is 0.0274. The number of amides is 1. The van der Waals surface area contributed by atoms with Crippen molar-refractivity contribution in [1.82, 2.24) is 4.98 Å². The van der Waals surface area contributed by atoms with Crippen LogP contribution in [0.3, 0.4) is 0 Å². The molecule has 0 atom stereocenters. The molecule has 3 aromatic rings. The van der Waals surface area contributed by atoms with Crippen molar-refractivity contribution >= 4 is 23.1 Å². The molecule has 1 aliphatic heterocycles.